The Kier molecular flexibility index (Phi) is 11.3. The van der Waals surface area contributed by atoms with Gasteiger partial charge in [-0.15, -0.1) is 0 Å². The summed E-state index contributed by atoms with van der Waals surface area (Å²) in [6.45, 7) is 8.74. The lowest BCUT2D eigenvalue weighted by Gasteiger charge is -2.30. The molecule has 0 spiro atoms. The van der Waals surface area contributed by atoms with Gasteiger partial charge in [0.25, 0.3) is 0 Å². The zero-order valence-corrected chi connectivity index (χ0v) is 32.8. The monoisotopic (exact) mass is 775 g/mol. The predicted octanol–water partition coefficient (Wildman–Crippen LogP) is 5.45. The highest BCUT2D eigenvalue weighted by atomic mass is 16.5. The number of fused-ring (bicyclic) bond motifs is 1. The molecule has 2 aliphatic rings. The largest absolute Gasteiger partial charge is 0.453 e. The van der Waals surface area contributed by atoms with Gasteiger partial charge in [0.15, 0.2) is 5.43 Å². The third kappa shape index (κ3) is 7.91. The standard InChI is InChI=1S/C42H49N9O6/c1-23(2)36(45-22-52)40(54)50-16-6-8-33(50)39-44-21-32(48-39)27-14-15-29-28(18-27)35(53)19-30(46-29)25-10-12-26(13-11-25)31-20-43-38(47-31)34-9-7-17-51(34)41(55)37(24(3)4)49-42(56)57-5/h10-15,18-24,33-34,36-37H,6-9,16-17H2,1-5H3,(H,43,47)(H,44,48)(H,45,52)(H,46,53)(H,49,56)/t33-,34-,36-,37-/m0/s1. The molecule has 0 saturated carbocycles. The smallest absolute Gasteiger partial charge is 0.407 e. The zero-order chi connectivity index (χ0) is 40.4. The summed E-state index contributed by atoms with van der Waals surface area (Å²) < 4.78 is 4.75. The summed E-state index contributed by atoms with van der Waals surface area (Å²) in [6.07, 6.45) is 6.59. The van der Waals surface area contributed by atoms with E-state index in [1.54, 1.807) is 28.3 Å². The van der Waals surface area contributed by atoms with Crippen LogP contribution in [0.2, 0.25) is 0 Å². The van der Waals surface area contributed by atoms with Gasteiger partial charge in [0.1, 0.15) is 23.7 Å². The summed E-state index contributed by atoms with van der Waals surface area (Å²) in [5, 5.41) is 5.89. The van der Waals surface area contributed by atoms with E-state index in [0.29, 0.717) is 47.7 Å². The second-order valence-corrected chi connectivity index (χ2v) is 15.5. The van der Waals surface area contributed by atoms with Crippen LogP contribution in [0.4, 0.5) is 4.79 Å². The zero-order valence-electron chi connectivity index (χ0n) is 32.8. The van der Waals surface area contributed by atoms with Crippen LogP contribution < -0.4 is 16.1 Å². The van der Waals surface area contributed by atoms with Crippen molar-refractivity contribution in [2.45, 2.75) is 77.5 Å². The Balaban J connectivity index is 1.05. The number of pyridine rings is 1. The number of rotatable bonds is 12. The lowest BCUT2D eigenvalue weighted by Crippen LogP contribution is -2.51. The predicted molar refractivity (Wildman–Crippen MR) is 215 cm³/mol. The molecule has 0 bridgehead atoms. The van der Waals surface area contributed by atoms with Gasteiger partial charge >= 0.3 is 6.09 Å². The number of carbonyl (C=O) groups is 4. The van der Waals surface area contributed by atoms with E-state index in [-0.39, 0.29) is 41.2 Å². The third-order valence-electron chi connectivity index (χ3n) is 11.1. The maximum absolute atomic E-state index is 13.5. The van der Waals surface area contributed by atoms with Crippen LogP contribution in [0.3, 0.4) is 0 Å². The highest BCUT2D eigenvalue weighted by Crippen LogP contribution is 2.35. The van der Waals surface area contributed by atoms with Crippen LogP contribution in [0, 0.1) is 11.8 Å². The summed E-state index contributed by atoms with van der Waals surface area (Å²) in [7, 11) is 1.28. The van der Waals surface area contributed by atoms with E-state index in [1.807, 2.05) is 70.2 Å². The van der Waals surface area contributed by atoms with E-state index < -0.39 is 18.2 Å². The van der Waals surface area contributed by atoms with Crippen molar-refractivity contribution in [2.75, 3.05) is 20.2 Å². The van der Waals surface area contributed by atoms with Crippen molar-refractivity contribution in [1.82, 2.24) is 45.4 Å². The number of hydrogen-bond donors (Lipinski definition) is 5. The molecule has 7 rings (SSSR count). The van der Waals surface area contributed by atoms with Crippen LogP contribution in [0.15, 0.2) is 65.7 Å². The molecule has 57 heavy (non-hydrogen) atoms. The molecule has 4 atom stereocenters. The van der Waals surface area contributed by atoms with Gasteiger partial charge < -0.3 is 40.1 Å². The molecule has 15 nitrogen and oxygen atoms in total. The van der Waals surface area contributed by atoms with Crippen molar-refractivity contribution in [3.63, 3.8) is 0 Å². The van der Waals surface area contributed by atoms with E-state index >= 15 is 0 Å². The second kappa shape index (κ2) is 16.5. The first-order valence-electron chi connectivity index (χ1n) is 19.5. The van der Waals surface area contributed by atoms with E-state index in [4.69, 9.17) is 4.74 Å². The summed E-state index contributed by atoms with van der Waals surface area (Å²) in [4.78, 5) is 86.6. The molecule has 2 fully saturated rings. The molecule has 0 aliphatic carbocycles. The second-order valence-electron chi connectivity index (χ2n) is 15.5. The van der Waals surface area contributed by atoms with Gasteiger partial charge in [-0.2, -0.15) is 0 Å². The molecule has 5 aromatic rings. The molecule has 15 heteroatoms. The third-order valence-corrected chi connectivity index (χ3v) is 11.1. The Hall–Kier alpha value is -6.25. The van der Waals surface area contributed by atoms with Crippen LogP contribution >= 0.6 is 0 Å². The van der Waals surface area contributed by atoms with Gasteiger partial charge in [-0.3, -0.25) is 19.2 Å². The van der Waals surface area contributed by atoms with Crippen molar-refractivity contribution in [2.24, 2.45) is 11.8 Å². The minimum Gasteiger partial charge on any atom is -0.453 e. The molecule has 2 aromatic carbocycles. The molecule has 4 amide bonds. The first-order valence-corrected chi connectivity index (χ1v) is 19.5. The molecule has 0 radical (unpaired) electrons. The number of aromatic amines is 3. The SMILES string of the molecule is COC(=O)N[C@H](C(=O)N1CCC[C@H]1c1ncc(-c2ccc(-c3cc(=O)c4cc(-c5cnc([C@@H]6CCCN6C(=O)[C@@H](NC=O)C(C)C)[nH]5)ccc4[nH]3)cc2)[nH]1)C(C)C. The number of benzene rings is 2. The minimum absolute atomic E-state index is 0.0549. The molecule has 2 saturated heterocycles. The van der Waals surface area contributed by atoms with Crippen LogP contribution in [0.25, 0.3) is 44.7 Å². The van der Waals surface area contributed by atoms with Crippen LogP contribution in [0.5, 0.6) is 0 Å². The number of alkyl carbamates (subject to hydrolysis) is 1. The van der Waals surface area contributed by atoms with Gasteiger partial charge in [-0.1, -0.05) is 58.0 Å². The number of methoxy groups -OCH3 is 1. The van der Waals surface area contributed by atoms with Crippen LogP contribution in [-0.2, 0) is 19.1 Å². The average Bonchev–Trinajstić information content (AvgIpc) is 4.05. The summed E-state index contributed by atoms with van der Waals surface area (Å²) in [6, 6.07) is 13.3. The fraction of sp³-hybridized carbons (Fsp3) is 0.405. The Morgan fingerprint density at radius 1 is 0.754 bits per heavy atom. The van der Waals surface area contributed by atoms with Crippen LogP contribution in [0.1, 0.15) is 77.1 Å². The summed E-state index contributed by atoms with van der Waals surface area (Å²) >= 11 is 0. The summed E-state index contributed by atoms with van der Waals surface area (Å²) in [5.74, 6) is 0.891. The maximum atomic E-state index is 13.5. The summed E-state index contributed by atoms with van der Waals surface area (Å²) in [5.41, 5.74) is 5.30. The molecule has 0 unspecified atom stereocenters. The molecule has 298 valence electrons. The van der Waals surface area contributed by atoms with Gasteiger partial charge in [0.2, 0.25) is 18.2 Å². The number of likely N-dealkylation sites (tertiary alicyclic amines) is 2. The van der Waals surface area contributed by atoms with Gasteiger partial charge in [0.05, 0.1) is 43.0 Å². The lowest BCUT2D eigenvalue weighted by atomic mass is 10.0. The molecule has 3 aromatic heterocycles. The van der Waals surface area contributed by atoms with Crippen molar-refractivity contribution in [1.29, 1.82) is 0 Å². The average molecular weight is 776 g/mol. The quantitative estimate of drug-likeness (QED) is 0.103. The number of nitrogens with one attached hydrogen (secondary N) is 5. The number of carbonyl (C=O) groups excluding carboxylic acids is 4. The highest BCUT2D eigenvalue weighted by Gasteiger charge is 2.38. The normalized spacial score (nSPS) is 17.9. The van der Waals surface area contributed by atoms with Crippen LogP contribution in [-0.4, -0.2) is 91.3 Å². The molecular weight excluding hydrogens is 727 g/mol. The van der Waals surface area contributed by atoms with Gasteiger partial charge in [-0.25, -0.2) is 14.8 Å². The Labute approximate surface area is 330 Å². The first kappa shape index (κ1) is 39.0. The van der Waals surface area contributed by atoms with Gasteiger partial charge in [-0.05, 0) is 60.8 Å². The van der Waals surface area contributed by atoms with E-state index in [2.05, 4.69) is 35.6 Å². The van der Waals surface area contributed by atoms with Crippen molar-refractivity contribution in [3.05, 3.63) is 82.8 Å². The van der Waals surface area contributed by atoms with E-state index in [9.17, 15) is 24.0 Å². The fourth-order valence-electron chi connectivity index (χ4n) is 8.01. The molecular formula is C42H49N9O6. The molecule has 5 N–H and O–H groups in total. The Morgan fingerprint density at radius 2 is 1.28 bits per heavy atom. The fourth-order valence-corrected chi connectivity index (χ4v) is 8.01. The topological polar surface area (TPSA) is 198 Å². The number of aromatic nitrogens is 5. The van der Waals surface area contributed by atoms with Crippen molar-refractivity contribution < 1.29 is 23.9 Å². The van der Waals surface area contributed by atoms with Crippen molar-refractivity contribution in [3.8, 4) is 33.8 Å². The minimum atomic E-state index is -0.710. The Morgan fingerprint density at radius 3 is 1.82 bits per heavy atom. The van der Waals surface area contributed by atoms with E-state index in [0.717, 1.165) is 53.8 Å². The lowest BCUT2D eigenvalue weighted by molar-refractivity contribution is -0.137. The highest BCUT2D eigenvalue weighted by molar-refractivity contribution is 5.87. The molecule has 5 heterocycles. The number of amides is 4. The number of nitrogens with zero attached hydrogens (tertiary/aromatic N) is 4. The Bertz CT molecular complexity index is 2330. The van der Waals surface area contributed by atoms with E-state index in [1.165, 1.54) is 7.11 Å². The number of ether oxygens (including phenoxy) is 1. The molecule has 2 aliphatic heterocycles. The van der Waals surface area contributed by atoms with Crippen molar-refractivity contribution >= 4 is 35.2 Å². The first-order chi connectivity index (χ1) is 27.5. The number of imidazole rings is 2. The number of hydrogen-bond acceptors (Lipinski definition) is 8. The number of H-pyrrole nitrogens is 3. The maximum Gasteiger partial charge on any atom is 0.407 e. The van der Waals surface area contributed by atoms with Gasteiger partial charge in [0, 0.05) is 41.3 Å².